The summed E-state index contributed by atoms with van der Waals surface area (Å²) in [6.45, 7) is 6.08. The fourth-order valence-corrected chi connectivity index (χ4v) is 3.23. The van der Waals surface area contributed by atoms with Crippen molar-refractivity contribution in [2.24, 2.45) is 0 Å². The van der Waals surface area contributed by atoms with E-state index in [0.717, 1.165) is 42.2 Å². The van der Waals surface area contributed by atoms with Crippen LogP contribution in [-0.2, 0) is 24.7 Å². The number of hydrogen-bond donors (Lipinski definition) is 0. The molecule has 1 aliphatic carbocycles. The summed E-state index contributed by atoms with van der Waals surface area (Å²) in [4.78, 5) is 26.6. The second-order valence-corrected chi connectivity index (χ2v) is 6.54. The van der Waals surface area contributed by atoms with Gasteiger partial charge in [-0.25, -0.2) is 15.0 Å². The molecule has 0 aliphatic heterocycles. The highest BCUT2D eigenvalue weighted by Crippen LogP contribution is 2.37. The van der Waals surface area contributed by atoms with Crippen molar-refractivity contribution in [3.05, 3.63) is 51.8 Å². The maximum Gasteiger partial charge on any atom is 0.176 e. The van der Waals surface area contributed by atoms with Crippen LogP contribution >= 0.6 is 11.6 Å². The van der Waals surface area contributed by atoms with Crippen LogP contribution in [0.3, 0.4) is 0 Å². The number of aryl methyl sites for hydroxylation is 3. The van der Waals surface area contributed by atoms with Crippen LogP contribution in [0.25, 0.3) is 0 Å². The molecule has 0 aromatic carbocycles. The van der Waals surface area contributed by atoms with E-state index in [1.807, 2.05) is 19.9 Å². The van der Waals surface area contributed by atoms with Gasteiger partial charge in [-0.3, -0.25) is 4.79 Å². The van der Waals surface area contributed by atoms with Gasteiger partial charge in [0, 0.05) is 17.7 Å². The highest BCUT2D eigenvalue weighted by molar-refractivity contribution is 6.29. The SMILES string of the molecule is CCc1cc(C2(C)CCc3nc(Cl)ccc3C2=O)nc(CC)n1. The molecule has 0 saturated carbocycles. The van der Waals surface area contributed by atoms with Crippen LogP contribution in [0.15, 0.2) is 18.2 Å². The van der Waals surface area contributed by atoms with Gasteiger partial charge in [-0.05, 0) is 44.4 Å². The number of ketones is 1. The highest BCUT2D eigenvalue weighted by atomic mass is 35.5. The molecule has 1 aliphatic rings. The molecule has 2 aromatic rings. The Morgan fingerprint density at radius 1 is 1.17 bits per heavy atom. The van der Waals surface area contributed by atoms with E-state index in [1.165, 1.54) is 0 Å². The minimum Gasteiger partial charge on any atom is -0.293 e. The second-order valence-electron chi connectivity index (χ2n) is 6.16. The summed E-state index contributed by atoms with van der Waals surface area (Å²) >= 11 is 5.95. The summed E-state index contributed by atoms with van der Waals surface area (Å²) in [7, 11) is 0. The first-order valence-electron chi connectivity index (χ1n) is 8.05. The van der Waals surface area contributed by atoms with Crippen molar-refractivity contribution in [3.8, 4) is 0 Å². The zero-order chi connectivity index (χ0) is 16.6. The first-order chi connectivity index (χ1) is 11.0. The molecule has 0 N–H and O–H groups in total. The molecule has 0 radical (unpaired) electrons. The predicted molar refractivity (Wildman–Crippen MR) is 90.0 cm³/mol. The monoisotopic (exact) mass is 329 g/mol. The fourth-order valence-electron chi connectivity index (χ4n) is 3.07. The first-order valence-corrected chi connectivity index (χ1v) is 8.43. The Kier molecular flexibility index (Phi) is 4.19. The second kappa shape index (κ2) is 6.00. The number of rotatable bonds is 3. The molecule has 0 amide bonds. The molecule has 2 heterocycles. The summed E-state index contributed by atoms with van der Waals surface area (Å²) in [5, 5.41) is 0.434. The molecule has 3 rings (SSSR count). The Balaban J connectivity index is 2.09. The van der Waals surface area contributed by atoms with E-state index in [0.29, 0.717) is 17.1 Å². The fraction of sp³-hybridized carbons (Fsp3) is 0.444. The van der Waals surface area contributed by atoms with Gasteiger partial charge < -0.3 is 0 Å². The number of carbonyl (C=O) groups is 1. The Morgan fingerprint density at radius 2 is 1.96 bits per heavy atom. The summed E-state index contributed by atoms with van der Waals surface area (Å²) in [5.74, 6) is 0.874. The average molecular weight is 330 g/mol. The van der Waals surface area contributed by atoms with Gasteiger partial charge in [0.2, 0.25) is 0 Å². The van der Waals surface area contributed by atoms with E-state index in [9.17, 15) is 4.79 Å². The van der Waals surface area contributed by atoms with Gasteiger partial charge in [0.25, 0.3) is 0 Å². The Bertz CT molecular complexity index is 753. The van der Waals surface area contributed by atoms with Crippen LogP contribution < -0.4 is 0 Å². The van der Waals surface area contributed by atoms with Gasteiger partial charge >= 0.3 is 0 Å². The lowest BCUT2D eigenvalue weighted by Crippen LogP contribution is -2.39. The van der Waals surface area contributed by atoms with E-state index in [4.69, 9.17) is 11.6 Å². The normalized spacial score (nSPS) is 20.4. The van der Waals surface area contributed by atoms with Crippen LogP contribution in [0.5, 0.6) is 0 Å². The molecule has 0 bridgehead atoms. The van der Waals surface area contributed by atoms with Crippen LogP contribution in [0.2, 0.25) is 5.15 Å². The van der Waals surface area contributed by atoms with E-state index in [2.05, 4.69) is 21.9 Å². The topological polar surface area (TPSA) is 55.7 Å². The predicted octanol–water partition coefficient (Wildman–Crippen LogP) is 3.74. The van der Waals surface area contributed by atoms with E-state index < -0.39 is 5.41 Å². The van der Waals surface area contributed by atoms with Crippen molar-refractivity contribution in [3.63, 3.8) is 0 Å². The van der Waals surface area contributed by atoms with Crippen LogP contribution in [0.4, 0.5) is 0 Å². The molecular formula is C18H20ClN3O. The molecule has 5 heteroatoms. The molecule has 0 saturated heterocycles. The number of hydrogen-bond acceptors (Lipinski definition) is 4. The highest BCUT2D eigenvalue weighted by Gasteiger charge is 2.42. The molecule has 0 spiro atoms. The lowest BCUT2D eigenvalue weighted by molar-refractivity contribution is 0.0870. The quantitative estimate of drug-likeness (QED) is 0.805. The summed E-state index contributed by atoms with van der Waals surface area (Å²) in [6.07, 6.45) is 3.01. The van der Waals surface area contributed by atoms with Crippen molar-refractivity contribution in [2.75, 3.05) is 0 Å². The minimum atomic E-state index is -0.626. The molecule has 1 atom stereocenters. The smallest absolute Gasteiger partial charge is 0.176 e. The summed E-state index contributed by atoms with van der Waals surface area (Å²) in [6, 6.07) is 5.44. The molecular weight excluding hydrogens is 310 g/mol. The van der Waals surface area contributed by atoms with Gasteiger partial charge in [0.15, 0.2) is 5.78 Å². The number of carbonyl (C=O) groups excluding carboxylic acids is 1. The number of nitrogens with zero attached hydrogens (tertiary/aromatic N) is 3. The first kappa shape index (κ1) is 16.1. The zero-order valence-electron chi connectivity index (χ0n) is 13.7. The number of fused-ring (bicyclic) bond motifs is 1. The van der Waals surface area contributed by atoms with E-state index in [1.54, 1.807) is 12.1 Å². The molecule has 1 unspecified atom stereocenters. The molecule has 2 aromatic heterocycles. The van der Waals surface area contributed by atoms with Gasteiger partial charge in [0.1, 0.15) is 11.0 Å². The van der Waals surface area contributed by atoms with Crippen molar-refractivity contribution in [1.29, 1.82) is 0 Å². The van der Waals surface area contributed by atoms with Gasteiger partial charge in [-0.1, -0.05) is 25.4 Å². The lowest BCUT2D eigenvalue weighted by Gasteiger charge is -2.32. The molecule has 23 heavy (non-hydrogen) atoms. The lowest BCUT2D eigenvalue weighted by atomic mass is 9.71. The van der Waals surface area contributed by atoms with Crippen LogP contribution in [0, 0.1) is 0 Å². The maximum atomic E-state index is 13.1. The summed E-state index contributed by atoms with van der Waals surface area (Å²) < 4.78 is 0. The van der Waals surface area contributed by atoms with Crippen LogP contribution in [-0.4, -0.2) is 20.7 Å². The Labute approximate surface area is 141 Å². The third-order valence-electron chi connectivity index (χ3n) is 4.62. The Morgan fingerprint density at radius 3 is 2.65 bits per heavy atom. The summed E-state index contributed by atoms with van der Waals surface area (Å²) in [5.41, 5.74) is 2.64. The van der Waals surface area contributed by atoms with Crippen molar-refractivity contribution in [2.45, 2.75) is 51.9 Å². The van der Waals surface area contributed by atoms with E-state index >= 15 is 0 Å². The molecule has 120 valence electrons. The number of pyridine rings is 1. The zero-order valence-corrected chi connectivity index (χ0v) is 14.4. The average Bonchev–Trinajstić information content (AvgIpc) is 2.57. The van der Waals surface area contributed by atoms with Crippen molar-refractivity contribution in [1.82, 2.24) is 15.0 Å². The van der Waals surface area contributed by atoms with Crippen molar-refractivity contribution >= 4 is 17.4 Å². The maximum absolute atomic E-state index is 13.1. The largest absolute Gasteiger partial charge is 0.293 e. The third-order valence-corrected chi connectivity index (χ3v) is 4.83. The van der Waals surface area contributed by atoms with Gasteiger partial charge in [-0.15, -0.1) is 0 Å². The molecule has 4 nitrogen and oxygen atoms in total. The van der Waals surface area contributed by atoms with Gasteiger partial charge in [0.05, 0.1) is 16.8 Å². The third kappa shape index (κ3) is 2.76. The van der Waals surface area contributed by atoms with Crippen LogP contribution in [0.1, 0.15) is 60.5 Å². The number of Topliss-reactive ketones (excluding diaryl/α,β-unsaturated/α-hetero) is 1. The molecule has 0 fully saturated rings. The standard InChI is InChI=1S/C18H20ClN3O/c1-4-11-10-14(22-16(5-2)20-11)18(3)9-8-13-12(17(18)23)6-7-15(19)21-13/h6-7,10H,4-5,8-9H2,1-3H3. The number of halogens is 1. The Hall–Kier alpha value is -1.81. The number of aromatic nitrogens is 3. The van der Waals surface area contributed by atoms with Gasteiger partial charge in [-0.2, -0.15) is 0 Å². The van der Waals surface area contributed by atoms with E-state index in [-0.39, 0.29) is 5.78 Å². The minimum absolute atomic E-state index is 0.0747. The van der Waals surface area contributed by atoms with Crippen molar-refractivity contribution < 1.29 is 4.79 Å².